The fourth-order valence-electron chi connectivity index (χ4n) is 3.12. The van der Waals surface area contributed by atoms with Crippen LogP contribution in [0.2, 0.25) is 0 Å². The van der Waals surface area contributed by atoms with Gasteiger partial charge < -0.3 is 15.1 Å². The van der Waals surface area contributed by atoms with Crippen molar-refractivity contribution in [2.75, 3.05) is 39.3 Å². The Labute approximate surface area is 140 Å². The number of carbonyl (C=O) groups is 2. The smallest absolute Gasteiger partial charge is 0.340 e. The van der Waals surface area contributed by atoms with Gasteiger partial charge in [-0.15, -0.1) is 12.4 Å². The first-order chi connectivity index (χ1) is 10.2. The highest BCUT2D eigenvalue weighted by molar-refractivity contribution is 5.85. The van der Waals surface area contributed by atoms with Gasteiger partial charge in [0, 0.05) is 32.7 Å². The maximum atomic E-state index is 12.7. The van der Waals surface area contributed by atoms with Gasteiger partial charge >= 0.3 is 12.1 Å². The van der Waals surface area contributed by atoms with E-state index in [2.05, 4.69) is 5.32 Å². The lowest BCUT2D eigenvalue weighted by atomic mass is 9.81. The van der Waals surface area contributed by atoms with Crippen LogP contribution >= 0.6 is 12.4 Å². The molecular formula is C14H23ClF3N3O2. The van der Waals surface area contributed by atoms with Crippen molar-refractivity contribution in [1.29, 1.82) is 0 Å². The topological polar surface area (TPSA) is 52.7 Å². The number of halogens is 4. The standard InChI is InChI=1S/C14H22F3N3O2.ClH/c1-13(4-2-5-18-10-13)11(21)19-6-3-7-20(9-8-19)12(22)14(15,16)17;/h18H,2-10H2,1H3;1H. The van der Waals surface area contributed by atoms with Crippen molar-refractivity contribution >= 4 is 24.2 Å². The molecule has 1 N–H and O–H groups in total. The monoisotopic (exact) mass is 357 g/mol. The first-order valence-corrected chi connectivity index (χ1v) is 7.60. The molecule has 0 saturated carbocycles. The molecule has 134 valence electrons. The lowest BCUT2D eigenvalue weighted by Gasteiger charge is -2.37. The zero-order valence-electron chi connectivity index (χ0n) is 13.1. The fourth-order valence-corrected chi connectivity index (χ4v) is 3.12. The molecule has 2 rings (SSSR count). The van der Waals surface area contributed by atoms with Gasteiger partial charge in [-0.2, -0.15) is 13.2 Å². The molecule has 0 aromatic heterocycles. The average Bonchev–Trinajstić information content (AvgIpc) is 2.71. The first-order valence-electron chi connectivity index (χ1n) is 7.60. The molecule has 9 heteroatoms. The number of nitrogens with one attached hydrogen (secondary N) is 1. The molecule has 5 nitrogen and oxygen atoms in total. The number of hydrogen-bond donors (Lipinski definition) is 1. The van der Waals surface area contributed by atoms with Gasteiger partial charge in [-0.1, -0.05) is 0 Å². The third kappa shape index (κ3) is 4.73. The minimum Gasteiger partial charge on any atom is -0.340 e. The SMILES string of the molecule is CC1(C(=O)N2CCCN(C(=O)C(F)(F)F)CC2)CCCNC1.Cl. The van der Waals surface area contributed by atoms with Crippen LogP contribution in [0, 0.1) is 5.41 Å². The van der Waals surface area contributed by atoms with Crippen molar-refractivity contribution in [3.05, 3.63) is 0 Å². The molecule has 2 aliphatic rings. The highest BCUT2D eigenvalue weighted by atomic mass is 35.5. The first kappa shape index (κ1) is 20.0. The normalized spacial score (nSPS) is 26.3. The summed E-state index contributed by atoms with van der Waals surface area (Å²) < 4.78 is 37.5. The van der Waals surface area contributed by atoms with Crippen LogP contribution in [-0.2, 0) is 9.59 Å². The lowest BCUT2D eigenvalue weighted by molar-refractivity contribution is -0.185. The van der Waals surface area contributed by atoms with E-state index in [0.717, 1.165) is 24.3 Å². The highest BCUT2D eigenvalue weighted by Gasteiger charge is 2.43. The van der Waals surface area contributed by atoms with E-state index in [1.54, 1.807) is 4.90 Å². The predicted octanol–water partition coefficient (Wildman–Crippen LogP) is 1.42. The van der Waals surface area contributed by atoms with Crippen LogP contribution in [-0.4, -0.2) is 67.1 Å². The maximum Gasteiger partial charge on any atom is 0.471 e. The number of nitrogens with zero attached hydrogens (tertiary/aromatic N) is 2. The van der Waals surface area contributed by atoms with Crippen molar-refractivity contribution in [2.45, 2.75) is 32.4 Å². The Bertz CT molecular complexity index is 439. The van der Waals surface area contributed by atoms with Crippen LogP contribution < -0.4 is 5.32 Å². The van der Waals surface area contributed by atoms with E-state index in [-0.39, 0.29) is 37.9 Å². The molecule has 1 atom stereocenters. The average molecular weight is 358 g/mol. The van der Waals surface area contributed by atoms with Gasteiger partial charge in [-0.25, -0.2) is 0 Å². The third-order valence-electron chi connectivity index (χ3n) is 4.43. The Kier molecular flexibility index (Phi) is 6.70. The molecule has 0 bridgehead atoms. The van der Waals surface area contributed by atoms with Gasteiger partial charge in [0.15, 0.2) is 0 Å². The van der Waals surface area contributed by atoms with Gasteiger partial charge in [0.1, 0.15) is 0 Å². The maximum absolute atomic E-state index is 12.7. The van der Waals surface area contributed by atoms with Crippen molar-refractivity contribution < 1.29 is 22.8 Å². The Balaban J connectivity index is 0.00000264. The minimum absolute atomic E-state index is 0. The van der Waals surface area contributed by atoms with Gasteiger partial charge in [-0.05, 0) is 32.7 Å². The summed E-state index contributed by atoms with van der Waals surface area (Å²) in [6.45, 7) is 3.91. The number of amides is 2. The fraction of sp³-hybridized carbons (Fsp3) is 0.857. The second-order valence-electron chi connectivity index (χ2n) is 6.28. The Morgan fingerprint density at radius 2 is 1.65 bits per heavy atom. The molecule has 2 saturated heterocycles. The number of hydrogen-bond acceptors (Lipinski definition) is 3. The summed E-state index contributed by atoms with van der Waals surface area (Å²) >= 11 is 0. The highest BCUT2D eigenvalue weighted by Crippen LogP contribution is 2.28. The molecule has 2 aliphatic heterocycles. The van der Waals surface area contributed by atoms with Crippen molar-refractivity contribution in [3.8, 4) is 0 Å². The van der Waals surface area contributed by atoms with Crippen molar-refractivity contribution in [3.63, 3.8) is 0 Å². The van der Waals surface area contributed by atoms with E-state index in [9.17, 15) is 22.8 Å². The molecule has 0 aromatic carbocycles. The van der Waals surface area contributed by atoms with E-state index in [1.807, 2.05) is 6.92 Å². The number of alkyl halides is 3. The zero-order valence-corrected chi connectivity index (χ0v) is 13.9. The number of carbonyl (C=O) groups excluding carboxylic acids is 2. The quantitative estimate of drug-likeness (QED) is 0.772. The lowest BCUT2D eigenvalue weighted by Crippen LogP contribution is -2.51. The summed E-state index contributed by atoms with van der Waals surface area (Å²) in [4.78, 5) is 26.4. The van der Waals surface area contributed by atoms with Gasteiger partial charge in [0.2, 0.25) is 5.91 Å². The van der Waals surface area contributed by atoms with Crippen molar-refractivity contribution in [2.24, 2.45) is 5.41 Å². The Morgan fingerprint density at radius 1 is 1.04 bits per heavy atom. The van der Waals surface area contributed by atoms with Crippen LogP contribution in [0.4, 0.5) is 13.2 Å². The second-order valence-corrected chi connectivity index (χ2v) is 6.28. The summed E-state index contributed by atoms with van der Waals surface area (Å²) in [7, 11) is 0. The van der Waals surface area contributed by atoms with Crippen molar-refractivity contribution in [1.82, 2.24) is 15.1 Å². The molecule has 23 heavy (non-hydrogen) atoms. The van der Waals surface area contributed by atoms with Crippen LogP contribution in [0.1, 0.15) is 26.2 Å². The molecule has 0 radical (unpaired) electrons. The van der Waals surface area contributed by atoms with E-state index in [4.69, 9.17) is 0 Å². The molecule has 1 unspecified atom stereocenters. The minimum atomic E-state index is -4.85. The van der Waals surface area contributed by atoms with E-state index in [0.29, 0.717) is 19.5 Å². The summed E-state index contributed by atoms with van der Waals surface area (Å²) in [5.41, 5.74) is -0.499. The van der Waals surface area contributed by atoms with Crippen LogP contribution in [0.3, 0.4) is 0 Å². The molecule has 2 heterocycles. The number of rotatable bonds is 1. The Morgan fingerprint density at radius 3 is 2.22 bits per heavy atom. The Hall–Kier alpha value is -1.02. The largest absolute Gasteiger partial charge is 0.471 e. The molecule has 0 spiro atoms. The third-order valence-corrected chi connectivity index (χ3v) is 4.43. The second kappa shape index (κ2) is 7.70. The molecule has 0 aliphatic carbocycles. The molecule has 2 amide bonds. The van der Waals surface area contributed by atoms with Gasteiger partial charge in [0.25, 0.3) is 0 Å². The van der Waals surface area contributed by atoms with Gasteiger partial charge in [-0.3, -0.25) is 9.59 Å². The summed E-state index contributed by atoms with van der Waals surface area (Å²) in [6.07, 6.45) is -2.79. The van der Waals surface area contributed by atoms with Crippen LogP contribution in [0.25, 0.3) is 0 Å². The van der Waals surface area contributed by atoms with E-state index in [1.165, 1.54) is 0 Å². The molecule has 2 fully saturated rings. The van der Waals surface area contributed by atoms with E-state index < -0.39 is 17.5 Å². The van der Waals surface area contributed by atoms with Crippen LogP contribution in [0.15, 0.2) is 0 Å². The predicted molar refractivity (Wildman–Crippen MR) is 81.3 cm³/mol. The summed E-state index contributed by atoms with van der Waals surface area (Å²) in [5.74, 6) is -1.84. The summed E-state index contributed by atoms with van der Waals surface area (Å²) in [6, 6.07) is 0. The van der Waals surface area contributed by atoms with Crippen LogP contribution in [0.5, 0.6) is 0 Å². The molecular weight excluding hydrogens is 335 g/mol. The van der Waals surface area contributed by atoms with E-state index >= 15 is 0 Å². The van der Waals surface area contributed by atoms with Gasteiger partial charge in [0.05, 0.1) is 5.41 Å². The number of piperidine rings is 1. The summed E-state index contributed by atoms with van der Waals surface area (Å²) in [5, 5.41) is 3.20. The zero-order chi connectivity index (χ0) is 16.4. The molecule has 0 aromatic rings.